The minimum Gasteiger partial charge on any atom is -0.396 e. The molecule has 0 aromatic heterocycles. The van der Waals surface area contributed by atoms with Crippen LogP contribution in [0.1, 0.15) is 43.2 Å². The monoisotopic (exact) mass is 230 g/mol. The van der Waals surface area contributed by atoms with Crippen molar-refractivity contribution in [2.75, 3.05) is 6.61 Å². The average molecular weight is 230 g/mol. The molecule has 0 amide bonds. The summed E-state index contributed by atoms with van der Waals surface area (Å²) in [7, 11) is 0. The molecule has 0 radical (unpaired) electrons. The number of allylic oxidation sites excluding steroid dienone is 1. The zero-order chi connectivity index (χ0) is 12.3. The van der Waals surface area contributed by atoms with Crippen LogP contribution in [0, 0.1) is 12.3 Å². The fourth-order valence-electron chi connectivity index (χ4n) is 2.86. The molecule has 1 saturated carbocycles. The molecule has 0 saturated heterocycles. The van der Waals surface area contributed by atoms with Crippen molar-refractivity contribution >= 4 is 5.57 Å². The molecule has 2 rings (SSSR count). The molecule has 92 valence electrons. The fraction of sp³-hybridized carbons (Fsp3) is 0.500. The lowest BCUT2D eigenvalue weighted by molar-refractivity contribution is 0.135. The van der Waals surface area contributed by atoms with Crippen LogP contribution in [0.25, 0.3) is 5.57 Å². The number of benzene rings is 1. The van der Waals surface area contributed by atoms with Gasteiger partial charge in [-0.1, -0.05) is 49.2 Å². The zero-order valence-corrected chi connectivity index (χ0v) is 10.7. The Morgan fingerprint density at radius 2 is 1.82 bits per heavy atom. The summed E-state index contributed by atoms with van der Waals surface area (Å²) in [5.74, 6) is 0. The largest absolute Gasteiger partial charge is 0.396 e. The maximum atomic E-state index is 9.62. The Balaban J connectivity index is 2.08. The van der Waals surface area contributed by atoms with Gasteiger partial charge in [-0.15, -0.1) is 0 Å². The highest BCUT2D eigenvalue weighted by atomic mass is 16.3. The Kier molecular flexibility index (Phi) is 3.68. The van der Waals surface area contributed by atoms with Gasteiger partial charge >= 0.3 is 0 Å². The molecule has 0 bridgehead atoms. The molecule has 1 aromatic rings. The first-order valence-corrected chi connectivity index (χ1v) is 6.51. The Bertz CT molecular complexity index is 382. The summed E-state index contributed by atoms with van der Waals surface area (Å²) in [6.07, 6.45) is 5.73. The summed E-state index contributed by atoms with van der Waals surface area (Å²) < 4.78 is 0. The second-order valence-electron chi connectivity index (χ2n) is 5.51. The van der Waals surface area contributed by atoms with Crippen LogP contribution in [0.15, 0.2) is 30.8 Å². The molecular weight excluding hydrogens is 208 g/mol. The summed E-state index contributed by atoms with van der Waals surface area (Å²) >= 11 is 0. The predicted octanol–water partition coefficient (Wildman–Crippen LogP) is 3.95. The summed E-state index contributed by atoms with van der Waals surface area (Å²) in [5.41, 5.74) is 3.78. The molecule has 0 heterocycles. The van der Waals surface area contributed by atoms with E-state index in [9.17, 15) is 5.11 Å². The summed E-state index contributed by atoms with van der Waals surface area (Å²) in [5, 5.41) is 9.62. The van der Waals surface area contributed by atoms with E-state index in [0.29, 0.717) is 6.61 Å². The van der Waals surface area contributed by atoms with E-state index < -0.39 is 0 Å². The first-order chi connectivity index (χ1) is 8.15. The zero-order valence-electron chi connectivity index (χ0n) is 10.7. The lowest BCUT2D eigenvalue weighted by Crippen LogP contribution is -2.21. The SMILES string of the molecule is C=C(CC1(CO)CCCC1)c1ccc(C)cc1. The van der Waals surface area contributed by atoms with Gasteiger partial charge in [0.25, 0.3) is 0 Å². The molecule has 0 unspecified atom stereocenters. The van der Waals surface area contributed by atoms with Crippen LogP contribution in [0.2, 0.25) is 0 Å². The van der Waals surface area contributed by atoms with E-state index in [1.807, 2.05) is 0 Å². The fourth-order valence-corrected chi connectivity index (χ4v) is 2.86. The first kappa shape index (κ1) is 12.4. The van der Waals surface area contributed by atoms with Crippen molar-refractivity contribution in [3.05, 3.63) is 42.0 Å². The molecule has 1 nitrogen and oxygen atoms in total. The van der Waals surface area contributed by atoms with Crippen LogP contribution in [-0.4, -0.2) is 11.7 Å². The van der Waals surface area contributed by atoms with Crippen molar-refractivity contribution in [3.63, 3.8) is 0 Å². The van der Waals surface area contributed by atoms with Gasteiger partial charge in [-0.3, -0.25) is 0 Å². The third-order valence-electron chi connectivity index (χ3n) is 4.05. The molecule has 0 atom stereocenters. The van der Waals surface area contributed by atoms with Gasteiger partial charge in [-0.2, -0.15) is 0 Å². The van der Waals surface area contributed by atoms with Gasteiger partial charge in [-0.25, -0.2) is 0 Å². The van der Waals surface area contributed by atoms with Crippen LogP contribution in [0.5, 0.6) is 0 Å². The molecule has 1 aliphatic carbocycles. The lowest BCUT2D eigenvalue weighted by atomic mass is 9.79. The minimum atomic E-state index is 0.113. The molecule has 1 fully saturated rings. The van der Waals surface area contributed by atoms with E-state index in [0.717, 1.165) is 19.3 Å². The molecule has 1 aromatic carbocycles. The smallest absolute Gasteiger partial charge is 0.0490 e. The van der Waals surface area contributed by atoms with Crippen molar-refractivity contribution < 1.29 is 5.11 Å². The van der Waals surface area contributed by atoms with Crippen molar-refractivity contribution in [2.45, 2.75) is 39.0 Å². The second-order valence-corrected chi connectivity index (χ2v) is 5.51. The van der Waals surface area contributed by atoms with Gasteiger partial charge in [-0.05, 0) is 42.7 Å². The topological polar surface area (TPSA) is 20.2 Å². The van der Waals surface area contributed by atoms with E-state index in [1.165, 1.54) is 29.5 Å². The molecular formula is C16H22O. The molecule has 17 heavy (non-hydrogen) atoms. The molecule has 1 heteroatoms. The van der Waals surface area contributed by atoms with Crippen molar-refractivity contribution in [3.8, 4) is 0 Å². The van der Waals surface area contributed by atoms with E-state index in [-0.39, 0.29) is 5.41 Å². The highest BCUT2D eigenvalue weighted by Gasteiger charge is 2.33. The van der Waals surface area contributed by atoms with Crippen LogP contribution in [-0.2, 0) is 0 Å². The first-order valence-electron chi connectivity index (χ1n) is 6.51. The Morgan fingerprint density at radius 1 is 1.24 bits per heavy atom. The number of rotatable bonds is 4. The van der Waals surface area contributed by atoms with Crippen molar-refractivity contribution in [2.24, 2.45) is 5.41 Å². The molecule has 0 spiro atoms. The Labute approximate surface area is 104 Å². The average Bonchev–Trinajstić information content (AvgIpc) is 2.79. The van der Waals surface area contributed by atoms with E-state index in [4.69, 9.17) is 0 Å². The van der Waals surface area contributed by atoms with Crippen LogP contribution >= 0.6 is 0 Å². The quantitative estimate of drug-likeness (QED) is 0.830. The lowest BCUT2D eigenvalue weighted by Gasteiger charge is -2.27. The summed E-state index contributed by atoms with van der Waals surface area (Å²) in [6, 6.07) is 8.52. The van der Waals surface area contributed by atoms with Crippen molar-refractivity contribution in [1.29, 1.82) is 0 Å². The number of hydrogen-bond acceptors (Lipinski definition) is 1. The minimum absolute atomic E-state index is 0.113. The van der Waals surface area contributed by atoms with E-state index >= 15 is 0 Å². The molecule has 1 N–H and O–H groups in total. The highest BCUT2D eigenvalue weighted by molar-refractivity contribution is 5.64. The van der Waals surface area contributed by atoms with Gasteiger partial charge in [0.05, 0.1) is 0 Å². The van der Waals surface area contributed by atoms with Crippen molar-refractivity contribution in [1.82, 2.24) is 0 Å². The molecule has 1 aliphatic rings. The van der Waals surface area contributed by atoms with Crippen LogP contribution in [0.3, 0.4) is 0 Å². The maximum absolute atomic E-state index is 9.62. The number of aliphatic hydroxyl groups is 1. The van der Waals surface area contributed by atoms with E-state index in [1.54, 1.807) is 0 Å². The van der Waals surface area contributed by atoms with Gasteiger partial charge in [0, 0.05) is 6.61 Å². The van der Waals surface area contributed by atoms with Gasteiger partial charge in [0.2, 0.25) is 0 Å². The highest BCUT2D eigenvalue weighted by Crippen LogP contribution is 2.44. The normalized spacial score (nSPS) is 18.2. The number of hydrogen-bond donors (Lipinski definition) is 1. The third kappa shape index (κ3) is 2.78. The standard InChI is InChI=1S/C16H22O/c1-13-5-7-15(8-6-13)14(2)11-16(12-17)9-3-4-10-16/h5-8,17H,2-4,9-12H2,1H3. The third-order valence-corrected chi connectivity index (χ3v) is 4.05. The van der Waals surface area contributed by atoms with Crippen LogP contribution < -0.4 is 0 Å². The van der Waals surface area contributed by atoms with E-state index in [2.05, 4.69) is 37.8 Å². The molecule has 0 aliphatic heterocycles. The van der Waals surface area contributed by atoms with Gasteiger partial charge in [0.1, 0.15) is 0 Å². The summed E-state index contributed by atoms with van der Waals surface area (Å²) in [6.45, 7) is 6.60. The number of aryl methyl sites for hydroxylation is 1. The number of aliphatic hydroxyl groups excluding tert-OH is 1. The Hall–Kier alpha value is -1.08. The second kappa shape index (κ2) is 5.05. The predicted molar refractivity (Wildman–Crippen MR) is 72.8 cm³/mol. The van der Waals surface area contributed by atoms with Gasteiger partial charge in [0.15, 0.2) is 0 Å². The summed E-state index contributed by atoms with van der Waals surface area (Å²) in [4.78, 5) is 0. The maximum Gasteiger partial charge on any atom is 0.0490 e. The Morgan fingerprint density at radius 3 is 2.35 bits per heavy atom. The van der Waals surface area contributed by atoms with Gasteiger partial charge < -0.3 is 5.11 Å². The van der Waals surface area contributed by atoms with Crippen LogP contribution in [0.4, 0.5) is 0 Å².